The second-order valence-corrected chi connectivity index (χ2v) is 5.09. The summed E-state index contributed by atoms with van der Waals surface area (Å²) in [7, 11) is 0. The maximum Gasteiger partial charge on any atom is 0.169 e. The van der Waals surface area contributed by atoms with E-state index in [0.29, 0.717) is 5.82 Å². The van der Waals surface area contributed by atoms with Crippen LogP contribution in [-0.4, -0.2) is 19.7 Å². The fraction of sp³-hybridized carbons (Fsp3) is 0.188. The summed E-state index contributed by atoms with van der Waals surface area (Å²) in [5.41, 5.74) is 4.39. The van der Waals surface area contributed by atoms with Crippen LogP contribution < -0.4 is 0 Å². The number of fused-ring (bicyclic) bond motifs is 3. The third kappa shape index (κ3) is 1.93. The van der Waals surface area contributed by atoms with Gasteiger partial charge in [-0.05, 0) is 41.3 Å². The van der Waals surface area contributed by atoms with Gasteiger partial charge in [0.1, 0.15) is 12.5 Å². The largest absolute Gasteiger partial charge is 0.280 e. The first-order valence-electron chi connectivity index (χ1n) is 6.89. The van der Waals surface area contributed by atoms with E-state index in [1.54, 1.807) is 6.20 Å². The molecule has 0 unspecified atom stereocenters. The summed E-state index contributed by atoms with van der Waals surface area (Å²) >= 11 is 0. The minimum absolute atomic E-state index is 0.375. The van der Waals surface area contributed by atoms with Gasteiger partial charge in [-0.15, -0.1) is 10.2 Å². The molecule has 2 aromatic heterocycles. The lowest BCUT2D eigenvalue weighted by molar-refractivity contribution is 0.458. The molecule has 3 aromatic rings. The fourth-order valence-electron chi connectivity index (χ4n) is 2.84. The first-order chi connectivity index (χ1) is 10.4. The Kier molecular flexibility index (Phi) is 2.77. The number of hydrogen-bond donors (Lipinski definition) is 0. The Bertz CT molecular complexity index is 782. The number of pyridine rings is 1. The summed E-state index contributed by atoms with van der Waals surface area (Å²) in [5, 5.41) is 7.99. The number of alkyl halides is 1. The van der Waals surface area contributed by atoms with Crippen molar-refractivity contribution in [1.29, 1.82) is 0 Å². The van der Waals surface area contributed by atoms with Crippen molar-refractivity contribution in [1.82, 2.24) is 19.7 Å². The normalized spacial score (nSPS) is 12.8. The van der Waals surface area contributed by atoms with Crippen molar-refractivity contribution >= 4 is 0 Å². The maximum atomic E-state index is 13.1. The van der Waals surface area contributed by atoms with Crippen molar-refractivity contribution in [2.24, 2.45) is 0 Å². The van der Waals surface area contributed by atoms with Crippen molar-refractivity contribution in [3.63, 3.8) is 0 Å². The van der Waals surface area contributed by atoms with Crippen LogP contribution in [0.3, 0.4) is 0 Å². The van der Waals surface area contributed by atoms with Gasteiger partial charge in [0, 0.05) is 18.8 Å². The second kappa shape index (κ2) is 4.77. The van der Waals surface area contributed by atoms with E-state index in [9.17, 15) is 4.39 Å². The molecule has 0 saturated carbocycles. The van der Waals surface area contributed by atoms with E-state index in [-0.39, 0.29) is 0 Å². The lowest BCUT2D eigenvalue weighted by Gasteiger charge is -2.19. The molecule has 1 aromatic carbocycles. The van der Waals surface area contributed by atoms with Gasteiger partial charge in [0.25, 0.3) is 0 Å². The topological polar surface area (TPSA) is 43.6 Å². The molecule has 0 N–H and O–H groups in total. The van der Waals surface area contributed by atoms with Crippen LogP contribution in [0.25, 0.3) is 16.8 Å². The van der Waals surface area contributed by atoms with E-state index < -0.39 is 6.67 Å². The summed E-state index contributed by atoms with van der Waals surface area (Å²) in [4.78, 5) is 4.15. The van der Waals surface area contributed by atoms with Gasteiger partial charge >= 0.3 is 0 Å². The van der Waals surface area contributed by atoms with Gasteiger partial charge in [-0.25, -0.2) is 4.39 Å². The average Bonchev–Trinajstić information content (AvgIpc) is 2.98. The summed E-state index contributed by atoms with van der Waals surface area (Å²) < 4.78 is 14.9. The van der Waals surface area contributed by atoms with Crippen molar-refractivity contribution in [2.75, 3.05) is 0 Å². The van der Waals surface area contributed by atoms with Crippen LogP contribution in [0.2, 0.25) is 0 Å². The maximum absolute atomic E-state index is 13.1. The molecule has 0 bridgehead atoms. The molecule has 0 saturated heterocycles. The molecule has 0 radical (unpaired) electrons. The summed E-state index contributed by atoms with van der Waals surface area (Å²) in [6.07, 6.45) is 5.30. The molecule has 4 rings (SSSR count). The highest BCUT2D eigenvalue weighted by molar-refractivity contribution is 5.66. The smallest absolute Gasteiger partial charge is 0.169 e. The standard InChI is InChI=1S/C16H13FN4/c17-9-16-20-19-15-6-4-12-8-11(3-5-14(12)21(15)16)13-2-1-7-18-10-13/h1-3,5,7-8,10H,4,6,9H2. The predicted molar refractivity (Wildman–Crippen MR) is 76.8 cm³/mol. The van der Waals surface area contributed by atoms with Crippen LogP contribution in [-0.2, 0) is 19.5 Å². The first kappa shape index (κ1) is 12.2. The number of nitrogens with zero attached hydrogens (tertiary/aromatic N) is 4. The summed E-state index contributed by atoms with van der Waals surface area (Å²) in [5.74, 6) is 1.21. The quantitative estimate of drug-likeness (QED) is 0.725. The molecule has 0 atom stereocenters. The van der Waals surface area contributed by atoms with Crippen LogP contribution in [0, 0.1) is 0 Å². The molecule has 21 heavy (non-hydrogen) atoms. The predicted octanol–water partition coefficient (Wildman–Crippen LogP) is 2.90. The van der Waals surface area contributed by atoms with E-state index in [1.165, 1.54) is 5.56 Å². The van der Waals surface area contributed by atoms with Gasteiger partial charge in [0.2, 0.25) is 0 Å². The highest BCUT2D eigenvalue weighted by atomic mass is 19.1. The minimum atomic E-state index is -0.600. The van der Waals surface area contributed by atoms with Crippen molar-refractivity contribution in [3.05, 3.63) is 59.9 Å². The van der Waals surface area contributed by atoms with Crippen LogP contribution in [0.15, 0.2) is 42.7 Å². The highest BCUT2D eigenvalue weighted by Gasteiger charge is 2.21. The number of aromatic nitrogens is 4. The zero-order chi connectivity index (χ0) is 14.2. The Balaban J connectivity index is 1.85. The van der Waals surface area contributed by atoms with Gasteiger partial charge in [-0.3, -0.25) is 9.55 Å². The Hall–Kier alpha value is -2.56. The Morgan fingerprint density at radius 3 is 2.86 bits per heavy atom. The number of benzene rings is 1. The van der Waals surface area contributed by atoms with Gasteiger partial charge < -0.3 is 0 Å². The van der Waals surface area contributed by atoms with E-state index in [1.807, 2.05) is 35.0 Å². The molecule has 0 amide bonds. The molecule has 0 aliphatic carbocycles. The molecule has 1 aliphatic heterocycles. The minimum Gasteiger partial charge on any atom is -0.280 e. The first-order valence-corrected chi connectivity index (χ1v) is 6.89. The van der Waals surface area contributed by atoms with Gasteiger partial charge in [0.05, 0.1) is 5.69 Å². The number of aryl methyl sites for hydroxylation is 2. The molecular weight excluding hydrogens is 267 g/mol. The van der Waals surface area contributed by atoms with Crippen molar-refractivity contribution in [3.8, 4) is 16.8 Å². The molecule has 4 nitrogen and oxygen atoms in total. The van der Waals surface area contributed by atoms with Crippen LogP contribution in [0.5, 0.6) is 0 Å². The number of hydrogen-bond acceptors (Lipinski definition) is 3. The molecule has 0 spiro atoms. The molecule has 3 heterocycles. The Morgan fingerprint density at radius 2 is 2.05 bits per heavy atom. The SMILES string of the molecule is FCc1nnc2n1-c1ccc(-c3cccnc3)cc1CC2. The monoisotopic (exact) mass is 280 g/mol. The summed E-state index contributed by atoms with van der Waals surface area (Å²) in [6.45, 7) is -0.600. The molecule has 1 aliphatic rings. The van der Waals surface area contributed by atoms with E-state index >= 15 is 0 Å². The van der Waals surface area contributed by atoms with E-state index in [2.05, 4.69) is 21.2 Å². The van der Waals surface area contributed by atoms with Gasteiger partial charge in [-0.1, -0.05) is 12.1 Å². The summed E-state index contributed by atoms with van der Waals surface area (Å²) in [6, 6.07) is 10.2. The zero-order valence-corrected chi connectivity index (χ0v) is 11.3. The van der Waals surface area contributed by atoms with Crippen LogP contribution in [0.4, 0.5) is 4.39 Å². The Morgan fingerprint density at radius 1 is 1.10 bits per heavy atom. The van der Waals surface area contributed by atoms with Crippen molar-refractivity contribution in [2.45, 2.75) is 19.5 Å². The van der Waals surface area contributed by atoms with E-state index in [0.717, 1.165) is 35.5 Å². The lowest BCUT2D eigenvalue weighted by Crippen LogP contribution is -2.14. The lowest BCUT2D eigenvalue weighted by atomic mass is 9.98. The van der Waals surface area contributed by atoms with Crippen molar-refractivity contribution < 1.29 is 4.39 Å². The van der Waals surface area contributed by atoms with Crippen LogP contribution in [0.1, 0.15) is 17.2 Å². The molecule has 104 valence electrons. The third-order valence-corrected chi connectivity index (χ3v) is 3.85. The number of rotatable bonds is 2. The molecule has 5 heteroatoms. The molecular formula is C16H13FN4. The highest BCUT2D eigenvalue weighted by Crippen LogP contribution is 2.29. The Labute approximate surface area is 121 Å². The number of halogens is 1. The van der Waals surface area contributed by atoms with Gasteiger partial charge in [-0.2, -0.15) is 0 Å². The fourth-order valence-corrected chi connectivity index (χ4v) is 2.84. The van der Waals surface area contributed by atoms with Crippen LogP contribution >= 0.6 is 0 Å². The zero-order valence-electron chi connectivity index (χ0n) is 11.3. The molecule has 0 fully saturated rings. The van der Waals surface area contributed by atoms with Gasteiger partial charge in [0.15, 0.2) is 5.82 Å². The second-order valence-electron chi connectivity index (χ2n) is 5.09. The van der Waals surface area contributed by atoms with E-state index in [4.69, 9.17) is 0 Å². The average molecular weight is 280 g/mol. The third-order valence-electron chi connectivity index (χ3n) is 3.85.